The van der Waals surface area contributed by atoms with Gasteiger partial charge in [-0.3, -0.25) is 4.79 Å². The van der Waals surface area contributed by atoms with E-state index in [-0.39, 0.29) is 17.9 Å². The van der Waals surface area contributed by atoms with E-state index in [9.17, 15) is 4.79 Å². The van der Waals surface area contributed by atoms with Gasteiger partial charge in [0.2, 0.25) is 0 Å². The van der Waals surface area contributed by atoms with Gasteiger partial charge in [-0.15, -0.1) is 0 Å². The molecule has 4 nitrogen and oxygen atoms in total. The first kappa shape index (κ1) is 8.97. The molecule has 1 N–H and O–H groups in total. The van der Waals surface area contributed by atoms with Crippen molar-refractivity contribution in [1.29, 1.82) is 0 Å². The quantitative estimate of drug-likeness (QED) is 0.694. The topological polar surface area (TPSA) is 55.8 Å². The molecule has 1 heterocycles. The number of carboxylic acids is 1. The van der Waals surface area contributed by atoms with Gasteiger partial charge in [0, 0.05) is 5.92 Å². The van der Waals surface area contributed by atoms with Crippen molar-refractivity contribution in [3.05, 3.63) is 0 Å². The Hall–Kier alpha value is -0.610. The highest BCUT2D eigenvalue weighted by molar-refractivity contribution is 5.73. The number of carboxylic acid groups (broad SMARTS) is 1. The number of hydrogen-bond donors (Lipinski definition) is 1. The molecule has 0 radical (unpaired) electrons. The third-order valence-electron chi connectivity index (χ3n) is 2.66. The van der Waals surface area contributed by atoms with Crippen molar-refractivity contribution in [1.82, 2.24) is 0 Å². The Labute approximate surface area is 76.8 Å². The zero-order chi connectivity index (χ0) is 9.64. The third kappa shape index (κ3) is 1.69. The minimum atomic E-state index is -0.710. The summed E-state index contributed by atoms with van der Waals surface area (Å²) in [6.45, 7) is 4.23. The van der Waals surface area contributed by atoms with Crippen LogP contribution in [0.3, 0.4) is 0 Å². The zero-order valence-corrected chi connectivity index (χ0v) is 7.82. The van der Waals surface area contributed by atoms with Crippen molar-refractivity contribution < 1.29 is 19.4 Å². The predicted molar refractivity (Wildman–Crippen MR) is 44.1 cm³/mol. The molecule has 0 bridgehead atoms. The normalized spacial score (nSPS) is 41.8. The molecule has 0 amide bonds. The van der Waals surface area contributed by atoms with Crippen LogP contribution in [-0.2, 0) is 14.3 Å². The smallest absolute Gasteiger partial charge is 0.306 e. The molecule has 2 aliphatic rings. The molecule has 4 heteroatoms. The van der Waals surface area contributed by atoms with Crippen LogP contribution in [0.25, 0.3) is 0 Å². The molecule has 0 aromatic carbocycles. The fraction of sp³-hybridized carbons (Fsp3) is 0.889. The summed E-state index contributed by atoms with van der Waals surface area (Å²) in [6, 6.07) is 0. The maximum atomic E-state index is 10.6. The number of hydrogen-bond acceptors (Lipinski definition) is 3. The number of carbonyl (C=O) groups is 1. The van der Waals surface area contributed by atoms with Crippen LogP contribution in [-0.4, -0.2) is 29.6 Å². The Balaban J connectivity index is 1.89. The zero-order valence-electron chi connectivity index (χ0n) is 7.82. The fourth-order valence-electron chi connectivity index (χ4n) is 1.84. The van der Waals surface area contributed by atoms with Gasteiger partial charge in [-0.2, -0.15) is 0 Å². The van der Waals surface area contributed by atoms with Gasteiger partial charge in [0.25, 0.3) is 0 Å². The molecule has 13 heavy (non-hydrogen) atoms. The Morgan fingerprint density at radius 3 is 2.62 bits per heavy atom. The minimum Gasteiger partial charge on any atom is -0.481 e. The van der Waals surface area contributed by atoms with Gasteiger partial charge < -0.3 is 14.6 Å². The van der Waals surface area contributed by atoms with Crippen molar-refractivity contribution in [2.45, 2.75) is 32.2 Å². The van der Waals surface area contributed by atoms with Crippen LogP contribution in [0.2, 0.25) is 0 Å². The van der Waals surface area contributed by atoms with Crippen LogP contribution in [0.5, 0.6) is 0 Å². The van der Waals surface area contributed by atoms with Crippen LogP contribution < -0.4 is 0 Å². The molecule has 0 aromatic heterocycles. The number of aliphatic carboxylic acids is 1. The predicted octanol–water partition coefficient (Wildman–Crippen LogP) is 0.859. The Morgan fingerprint density at radius 1 is 1.54 bits per heavy atom. The standard InChI is InChI=1S/C9H14O4/c1-9(2)12-4-7(13-9)5-3-6(5)8(10)11/h5-7H,3-4H2,1-2H3,(H,10,11)/t5?,6?,7-/m1/s1. The lowest BCUT2D eigenvalue weighted by Gasteiger charge is -2.16. The van der Waals surface area contributed by atoms with E-state index < -0.39 is 11.8 Å². The van der Waals surface area contributed by atoms with Gasteiger partial charge in [-0.05, 0) is 20.3 Å². The van der Waals surface area contributed by atoms with Gasteiger partial charge in [0.15, 0.2) is 5.79 Å². The lowest BCUT2D eigenvalue weighted by Crippen LogP contribution is -2.23. The lowest BCUT2D eigenvalue weighted by atomic mass is 10.2. The van der Waals surface area contributed by atoms with E-state index in [1.54, 1.807) is 0 Å². The summed E-state index contributed by atoms with van der Waals surface area (Å²) >= 11 is 0. The molecule has 74 valence electrons. The summed E-state index contributed by atoms with van der Waals surface area (Å²) in [5.74, 6) is -1.28. The number of rotatable bonds is 2. The maximum absolute atomic E-state index is 10.6. The van der Waals surface area contributed by atoms with Gasteiger partial charge in [-0.1, -0.05) is 0 Å². The Kier molecular flexibility index (Phi) is 1.85. The average Bonchev–Trinajstić information content (AvgIpc) is 2.71. The maximum Gasteiger partial charge on any atom is 0.306 e. The van der Waals surface area contributed by atoms with Crippen LogP contribution in [0, 0.1) is 11.8 Å². The summed E-state index contributed by atoms with van der Waals surface area (Å²) in [4.78, 5) is 10.6. The summed E-state index contributed by atoms with van der Waals surface area (Å²) in [5, 5.41) is 8.72. The van der Waals surface area contributed by atoms with Crippen molar-refractivity contribution in [3.63, 3.8) is 0 Å². The van der Waals surface area contributed by atoms with Gasteiger partial charge >= 0.3 is 5.97 Å². The summed E-state index contributed by atoms with van der Waals surface area (Å²) < 4.78 is 10.9. The van der Waals surface area contributed by atoms with Crippen molar-refractivity contribution >= 4 is 5.97 Å². The molecule has 0 spiro atoms. The highest BCUT2D eigenvalue weighted by atomic mass is 16.7. The number of ether oxygens (including phenoxy) is 2. The monoisotopic (exact) mass is 186 g/mol. The van der Waals surface area contributed by atoms with E-state index in [4.69, 9.17) is 14.6 Å². The molecule has 2 fully saturated rings. The van der Waals surface area contributed by atoms with Gasteiger partial charge in [0.05, 0.1) is 18.6 Å². The minimum absolute atomic E-state index is 0.0175. The second kappa shape index (κ2) is 2.69. The van der Waals surface area contributed by atoms with Crippen LogP contribution in [0.4, 0.5) is 0 Å². The fourth-order valence-corrected chi connectivity index (χ4v) is 1.84. The molecule has 0 aromatic rings. The second-order valence-corrected chi connectivity index (χ2v) is 4.21. The third-order valence-corrected chi connectivity index (χ3v) is 2.66. The van der Waals surface area contributed by atoms with Crippen LogP contribution >= 0.6 is 0 Å². The first-order valence-electron chi connectivity index (χ1n) is 4.54. The SMILES string of the molecule is CC1(C)OC[C@H](C2CC2C(=O)O)O1. The van der Waals surface area contributed by atoms with Crippen molar-refractivity contribution in [2.24, 2.45) is 11.8 Å². The van der Waals surface area contributed by atoms with E-state index >= 15 is 0 Å². The molecule has 1 saturated heterocycles. The largest absolute Gasteiger partial charge is 0.481 e. The van der Waals surface area contributed by atoms with E-state index in [1.807, 2.05) is 13.8 Å². The van der Waals surface area contributed by atoms with E-state index in [0.717, 1.165) is 6.42 Å². The molecular formula is C9H14O4. The summed E-state index contributed by atoms with van der Waals surface area (Å²) in [7, 11) is 0. The van der Waals surface area contributed by atoms with Crippen molar-refractivity contribution in [2.75, 3.05) is 6.61 Å². The summed E-state index contributed by atoms with van der Waals surface area (Å²) in [5.41, 5.74) is 0. The molecular weight excluding hydrogens is 172 g/mol. The van der Waals surface area contributed by atoms with Gasteiger partial charge in [0.1, 0.15) is 0 Å². The molecule has 1 aliphatic heterocycles. The molecule has 2 unspecified atom stereocenters. The molecule has 3 atom stereocenters. The first-order valence-corrected chi connectivity index (χ1v) is 4.54. The first-order chi connectivity index (χ1) is 5.99. The molecule has 2 rings (SSSR count). The Bertz CT molecular complexity index is 236. The van der Waals surface area contributed by atoms with E-state index in [1.165, 1.54) is 0 Å². The van der Waals surface area contributed by atoms with E-state index in [0.29, 0.717) is 6.61 Å². The average molecular weight is 186 g/mol. The van der Waals surface area contributed by atoms with Crippen LogP contribution in [0.1, 0.15) is 20.3 Å². The van der Waals surface area contributed by atoms with E-state index in [2.05, 4.69) is 0 Å². The highest BCUT2D eigenvalue weighted by Crippen LogP contribution is 2.45. The highest BCUT2D eigenvalue weighted by Gasteiger charge is 2.52. The van der Waals surface area contributed by atoms with Crippen LogP contribution in [0.15, 0.2) is 0 Å². The summed E-state index contributed by atoms with van der Waals surface area (Å²) in [6.07, 6.45) is 0.718. The van der Waals surface area contributed by atoms with Gasteiger partial charge in [-0.25, -0.2) is 0 Å². The lowest BCUT2D eigenvalue weighted by molar-refractivity contribution is -0.145. The Morgan fingerprint density at radius 2 is 2.23 bits per heavy atom. The second-order valence-electron chi connectivity index (χ2n) is 4.21. The molecule has 1 saturated carbocycles. The molecule has 1 aliphatic carbocycles. The van der Waals surface area contributed by atoms with Crippen molar-refractivity contribution in [3.8, 4) is 0 Å².